The molecule has 68 valence electrons. The third-order valence-electron chi connectivity index (χ3n) is 0.748. The summed E-state index contributed by atoms with van der Waals surface area (Å²) < 4.78 is 0.685. The Morgan fingerprint density at radius 1 is 0.833 bits per heavy atom. The van der Waals surface area contributed by atoms with Crippen LogP contribution in [0.4, 0.5) is 0 Å². The van der Waals surface area contributed by atoms with Crippen molar-refractivity contribution in [3.05, 3.63) is 24.3 Å². The maximum atomic E-state index is 8.25. The van der Waals surface area contributed by atoms with Gasteiger partial charge in [-0.1, -0.05) is 0 Å². The average Bonchev–Trinajstić information content (AvgIpc) is 2.66. The van der Waals surface area contributed by atoms with Gasteiger partial charge >= 0.3 is 49.0 Å². The monoisotopic (exact) mass is 206 g/mol. The Labute approximate surface area is 85.8 Å². The van der Waals surface area contributed by atoms with Crippen LogP contribution in [0.5, 0.6) is 0 Å². The molecule has 0 aromatic heterocycles. The molecule has 0 bridgehead atoms. The minimum absolute atomic E-state index is 0.685. The molecule has 0 aliphatic heterocycles. The fourth-order valence-corrected chi connectivity index (χ4v) is 0.779. The summed E-state index contributed by atoms with van der Waals surface area (Å²) in [6, 6.07) is 0. The predicted octanol–water partition coefficient (Wildman–Crippen LogP) is -1.62. The Kier molecular flexibility index (Phi) is 33.7. The number of hydrogen-bond donors (Lipinski definition) is 0. The first-order valence-electron chi connectivity index (χ1n) is 3.18. The van der Waals surface area contributed by atoms with E-state index in [1.54, 1.807) is 0 Å². The normalized spacial score (nSPS) is 11.7. The molecule has 4 heteroatoms. The molecule has 0 unspecified atom stereocenters. The summed E-state index contributed by atoms with van der Waals surface area (Å²) in [5.41, 5.74) is 0. The van der Waals surface area contributed by atoms with Crippen molar-refractivity contribution in [3.63, 3.8) is 0 Å². The van der Waals surface area contributed by atoms with E-state index in [1.165, 1.54) is 0 Å². The van der Waals surface area contributed by atoms with Crippen LogP contribution in [0.15, 0.2) is 24.3 Å². The molecule has 0 aromatic rings. The molecule has 0 amide bonds. The summed E-state index contributed by atoms with van der Waals surface area (Å²) in [5, 5.41) is 24.8. The van der Waals surface area contributed by atoms with Gasteiger partial charge in [0.1, 0.15) is 0 Å². The van der Waals surface area contributed by atoms with Crippen molar-refractivity contribution in [3.8, 4) is 0 Å². The van der Waals surface area contributed by atoms with Gasteiger partial charge in [-0.2, -0.15) is 21.3 Å². The number of rotatable bonds is 0. The Morgan fingerprint density at radius 3 is 1.17 bits per heavy atom. The van der Waals surface area contributed by atoms with E-state index in [-0.39, 0.29) is 0 Å². The third-order valence-corrected chi connectivity index (χ3v) is 1.35. The average molecular weight is 206 g/mol. The predicted molar refractivity (Wildman–Crippen MR) is 39.8 cm³/mol. The zero-order valence-corrected chi connectivity index (χ0v) is 9.17. The second-order valence-corrected chi connectivity index (χ2v) is 2.34. The topological polar surface area (TPSA) is 69.2 Å². The van der Waals surface area contributed by atoms with Crippen LogP contribution in [0, 0.1) is 0 Å². The molecule has 0 saturated heterocycles. The fraction of sp³-hybridized carbons (Fsp3) is 0.500. The Balaban J connectivity index is -0.000000117. The zero-order chi connectivity index (χ0) is 10.4. The van der Waals surface area contributed by atoms with Crippen LogP contribution >= 0.6 is 0 Å². The van der Waals surface area contributed by atoms with Crippen molar-refractivity contribution in [2.24, 2.45) is 0 Å². The fourth-order valence-electron chi connectivity index (χ4n) is 0.432. The molecule has 0 saturated carbocycles. The first-order valence-corrected chi connectivity index (χ1v) is 4.08. The van der Waals surface area contributed by atoms with Gasteiger partial charge in [0.25, 0.3) is 0 Å². The molecule has 0 spiro atoms. The molecular formula is C8H14O3Ti. The molecule has 0 atom stereocenters. The molecule has 1 rings (SSSR count). The second kappa shape index (κ2) is 22.5. The van der Waals surface area contributed by atoms with E-state index in [4.69, 9.17) is 15.3 Å². The molecule has 0 N–H and O–H groups in total. The molecule has 3 nitrogen and oxygen atoms in total. The Morgan fingerprint density at radius 2 is 1.08 bits per heavy atom. The van der Waals surface area contributed by atoms with Crippen molar-refractivity contribution in [1.29, 1.82) is 0 Å². The number of allylic oxidation sites excluding steroid dienone is 4. The summed E-state index contributed by atoms with van der Waals surface area (Å²) >= 11 is 2.17. The SMILES string of the molecule is C[O-].C[O-].C[O-].[Ti+3][CH]1C=CC=C1. The molecule has 1 aliphatic carbocycles. The van der Waals surface area contributed by atoms with Crippen molar-refractivity contribution < 1.29 is 35.8 Å². The maximum absolute atomic E-state index is 8.25. The quantitative estimate of drug-likeness (QED) is 0.447. The van der Waals surface area contributed by atoms with E-state index in [2.05, 4.69) is 44.7 Å². The van der Waals surface area contributed by atoms with Gasteiger partial charge in [0.05, 0.1) is 0 Å². The summed E-state index contributed by atoms with van der Waals surface area (Å²) in [4.78, 5) is 0. The van der Waals surface area contributed by atoms with E-state index in [9.17, 15) is 0 Å². The van der Waals surface area contributed by atoms with Gasteiger partial charge in [-0.25, -0.2) is 0 Å². The summed E-state index contributed by atoms with van der Waals surface area (Å²) in [6.45, 7) is 0. The summed E-state index contributed by atoms with van der Waals surface area (Å²) in [6.07, 6.45) is 8.48. The zero-order valence-electron chi connectivity index (χ0n) is 7.61. The molecule has 0 aromatic carbocycles. The molecule has 1 aliphatic rings. The molecule has 0 radical (unpaired) electrons. The van der Waals surface area contributed by atoms with Crippen molar-refractivity contribution in [1.82, 2.24) is 0 Å². The van der Waals surface area contributed by atoms with Gasteiger partial charge in [-0.15, -0.1) is 0 Å². The standard InChI is InChI=1S/C5H5.3CH3O.Ti/c1-2-4-5-3-1;3*1-2;/h1-5H;3*1H3;/q;3*-1;+3. The van der Waals surface area contributed by atoms with Crippen LogP contribution in [-0.4, -0.2) is 21.3 Å². The van der Waals surface area contributed by atoms with Crippen molar-refractivity contribution in [2.75, 3.05) is 21.3 Å². The second-order valence-electron chi connectivity index (χ2n) is 1.30. The van der Waals surface area contributed by atoms with E-state index in [1.807, 2.05) is 0 Å². The molecule has 0 heterocycles. The van der Waals surface area contributed by atoms with Gasteiger partial charge in [-0.3, -0.25) is 0 Å². The van der Waals surface area contributed by atoms with Gasteiger partial charge in [0.2, 0.25) is 0 Å². The Hall–Kier alpha value is 0.0743. The van der Waals surface area contributed by atoms with Crippen LogP contribution in [0.3, 0.4) is 0 Å². The van der Waals surface area contributed by atoms with E-state index in [0.29, 0.717) is 4.22 Å². The first kappa shape index (κ1) is 18.0. The number of hydrogen-bond acceptors (Lipinski definition) is 3. The summed E-state index contributed by atoms with van der Waals surface area (Å²) in [5.74, 6) is 0. The third kappa shape index (κ3) is 16.6. The first-order chi connectivity index (χ1) is 5.89. The van der Waals surface area contributed by atoms with Crippen molar-refractivity contribution >= 4 is 0 Å². The summed E-state index contributed by atoms with van der Waals surface area (Å²) in [7, 11) is 2.25. The van der Waals surface area contributed by atoms with Gasteiger partial charge in [0.15, 0.2) is 0 Å². The van der Waals surface area contributed by atoms with E-state index in [0.717, 1.165) is 21.3 Å². The van der Waals surface area contributed by atoms with Crippen molar-refractivity contribution in [2.45, 2.75) is 4.22 Å². The van der Waals surface area contributed by atoms with Crippen LogP contribution in [0.25, 0.3) is 0 Å². The molecule has 12 heavy (non-hydrogen) atoms. The van der Waals surface area contributed by atoms with Gasteiger partial charge in [0, 0.05) is 0 Å². The van der Waals surface area contributed by atoms with Crippen LogP contribution < -0.4 is 15.3 Å². The van der Waals surface area contributed by atoms with Gasteiger partial charge < -0.3 is 15.3 Å². The van der Waals surface area contributed by atoms with Crippen LogP contribution in [0.1, 0.15) is 0 Å². The van der Waals surface area contributed by atoms with E-state index >= 15 is 0 Å². The Bertz CT molecular complexity index is 90.5. The minimum atomic E-state index is 0.685. The molecule has 0 fully saturated rings. The van der Waals surface area contributed by atoms with Gasteiger partial charge in [-0.05, 0) is 0 Å². The van der Waals surface area contributed by atoms with Crippen LogP contribution in [-0.2, 0) is 20.4 Å². The molecular weight excluding hydrogens is 192 g/mol. The van der Waals surface area contributed by atoms with E-state index < -0.39 is 0 Å². The van der Waals surface area contributed by atoms with Crippen LogP contribution in [0.2, 0.25) is 4.22 Å².